The molecule has 2 aromatic carbocycles. The molecule has 124 valence electrons. The first-order chi connectivity index (χ1) is 11.7. The molecule has 3 rings (SSSR count). The van der Waals surface area contributed by atoms with Crippen LogP contribution in [0.3, 0.4) is 0 Å². The average molecular weight is 324 g/mol. The van der Waals surface area contributed by atoms with Crippen LogP contribution in [0.2, 0.25) is 0 Å². The second kappa shape index (κ2) is 7.66. The van der Waals surface area contributed by atoms with Crippen LogP contribution in [0.5, 0.6) is 0 Å². The van der Waals surface area contributed by atoms with E-state index < -0.39 is 6.10 Å². The maximum atomic E-state index is 11.8. The molecule has 0 aliphatic carbocycles. The number of carbonyl (C=O) groups excluding carboxylic acids is 1. The Morgan fingerprint density at radius 2 is 1.88 bits per heavy atom. The highest BCUT2D eigenvalue weighted by molar-refractivity contribution is 5.85. The van der Waals surface area contributed by atoms with Crippen molar-refractivity contribution in [2.45, 2.75) is 12.5 Å². The maximum Gasteiger partial charge on any atom is 0.314 e. The molecule has 1 atom stereocenters. The number of hydrogen-bond donors (Lipinski definition) is 3. The standard InChI is InChI=1S/C19H20N2O3/c22-17(18-9-4-12-24-18)13-21-19(23)20-11-10-15-7-3-6-14-5-1-2-8-16(14)15/h1-9,12,17,22H,10-11,13H2,(H2,20,21,23). The van der Waals surface area contributed by atoms with Gasteiger partial charge < -0.3 is 20.2 Å². The van der Waals surface area contributed by atoms with Crippen molar-refractivity contribution in [3.8, 4) is 0 Å². The molecule has 0 fully saturated rings. The monoisotopic (exact) mass is 324 g/mol. The van der Waals surface area contributed by atoms with E-state index in [9.17, 15) is 9.90 Å². The van der Waals surface area contributed by atoms with Crippen LogP contribution in [0, 0.1) is 0 Å². The van der Waals surface area contributed by atoms with Gasteiger partial charge in [0, 0.05) is 6.54 Å². The Hall–Kier alpha value is -2.79. The first kappa shape index (κ1) is 16.1. The second-order valence-electron chi connectivity index (χ2n) is 5.56. The maximum absolute atomic E-state index is 11.8. The number of fused-ring (bicyclic) bond motifs is 1. The Balaban J connectivity index is 1.46. The minimum Gasteiger partial charge on any atom is -0.467 e. The molecule has 1 heterocycles. The summed E-state index contributed by atoms with van der Waals surface area (Å²) in [5.74, 6) is 0.436. The average Bonchev–Trinajstić information content (AvgIpc) is 3.14. The minimum atomic E-state index is -0.844. The summed E-state index contributed by atoms with van der Waals surface area (Å²) in [7, 11) is 0. The van der Waals surface area contributed by atoms with Gasteiger partial charge in [0.1, 0.15) is 11.9 Å². The van der Waals surface area contributed by atoms with Crippen molar-refractivity contribution in [2.24, 2.45) is 0 Å². The summed E-state index contributed by atoms with van der Waals surface area (Å²) < 4.78 is 5.09. The highest BCUT2D eigenvalue weighted by atomic mass is 16.4. The topological polar surface area (TPSA) is 74.5 Å². The van der Waals surface area contributed by atoms with Gasteiger partial charge in [-0.2, -0.15) is 0 Å². The Morgan fingerprint density at radius 3 is 2.71 bits per heavy atom. The number of furan rings is 1. The number of aliphatic hydroxyl groups is 1. The predicted octanol–water partition coefficient (Wildman–Crippen LogP) is 3.01. The first-order valence-corrected chi connectivity index (χ1v) is 7.94. The fourth-order valence-corrected chi connectivity index (χ4v) is 2.65. The number of amides is 2. The van der Waals surface area contributed by atoms with Crippen molar-refractivity contribution < 1.29 is 14.3 Å². The van der Waals surface area contributed by atoms with Crippen molar-refractivity contribution in [1.29, 1.82) is 0 Å². The quantitative estimate of drug-likeness (QED) is 0.652. The van der Waals surface area contributed by atoms with Gasteiger partial charge >= 0.3 is 6.03 Å². The molecule has 0 spiro atoms. The highest BCUT2D eigenvalue weighted by Gasteiger charge is 2.11. The molecule has 0 saturated carbocycles. The molecule has 0 aliphatic heterocycles. The zero-order valence-electron chi connectivity index (χ0n) is 13.2. The van der Waals surface area contributed by atoms with E-state index >= 15 is 0 Å². The van der Waals surface area contributed by atoms with Crippen LogP contribution >= 0.6 is 0 Å². The number of urea groups is 1. The van der Waals surface area contributed by atoms with E-state index in [1.54, 1.807) is 12.1 Å². The van der Waals surface area contributed by atoms with E-state index in [4.69, 9.17) is 4.42 Å². The molecule has 3 aromatic rings. The largest absolute Gasteiger partial charge is 0.467 e. The summed E-state index contributed by atoms with van der Waals surface area (Å²) in [5, 5.41) is 17.7. The number of aliphatic hydroxyl groups excluding tert-OH is 1. The number of benzene rings is 2. The number of carbonyl (C=O) groups is 1. The van der Waals surface area contributed by atoms with Crippen molar-refractivity contribution >= 4 is 16.8 Å². The molecule has 5 nitrogen and oxygen atoms in total. The smallest absolute Gasteiger partial charge is 0.314 e. The van der Waals surface area contributed by atoms with E-state index in [2.05, 4.69) is 34.9 Å². The SMILES string of the molecule is O=C(NCCc1cccc2ccccc12)NCC(O)c1ccco1. The van der Waals surface area contributed by atoms with Crippen LogP contribution < -0.4 is 10.6 Å². The number of nitrogens with one attached hydrogen (secondary N) is 2. The molecule has 1 aromatic heterocycles. The van der Waals surface area contributed by atoms with Gasteiger partial charge in [0.15, 0.2) is 0 Å². The first-order valence-electron chi connectivity index (χ1n) is 7.94. The van der Waals surface area contributed by atoms with Crippen molar-refractivity contribution in [3.05, 3.63) is 72.2 Å². The third kappa shape index (κ3) is 3.94. The lowest BCUT2D eigenvalue weighted by Gasteiger charge is -2.11. The van der Waals surface area contributed by atoms with Crippen LogP contribution in [0.4, 0.5) is 4.79 Å². The van der Waals surface area contributed by atoms with Crippen molar-refractivity contribution in [2.75, 3.05) is 13.1 Å². The third-order valence-electron chi connectivity index (χ3n) is 3.89. The van der Waals surface area contributed by atoms with E-state index in [-0.39, 0.29) is 12.6 Å². The van der Waals surface area contributed by atoms with Gasteiger partial charge in [-0.3, -0.25) is 0 Å². The lowest BCUT2D eigenvalue weighted by Crippen LogP contribution is -2.38. The molecule has 24 heavy (non-hydrogen) atoms. The molecule has 0 aliphatic rings. The Kier molecular flexibility index (Phi) is 5.13. The zero-order valence-corrected chi connectivity index (χ0v) is 13.2. The Labute approximate surface area is 140 Å². The fourth-order valence-electron chi connectivity index (χ4n) is 2.65. The van der Waals surface area contributed by atoms with Gasteiger partial charge in [-0.05, 0) is 34.9 Å². The van der Waals surface area contributed by atoms with Crippen molar-refractivity contribution in [1.82, 2.24) is 10.6 Å². The van der Waals surface area contributed by atoms with Crippen LogP contribution in [0.25, 0.3) is 10.8 Å². The summed E-state index contributed by atoms with van der Waals surface area (Å²) in [6, 6.07) is 17.4. The van der Waals surface area contributed by atoms with Gasteiger partial charge in [-0.15, -0.1) is 0 Å². The normalized spacial score (nSPS) is 12.0. The number of hydrogen-bond acceptors (Lipinski definition) is 3. The van der Waals surface area contributed by atoms with E-state index in [0.29, 0.717) is 12.3 Å². The minimum absolute atomic E-state index is 0.105. The lowest BCUT2D eigenvalue weighted by molar-refractivity contribution is 0.148. The van der Waals surface area contributed by atoms with E-state index in [0.717, 1.165) is 6.42 Å². The Bertz CT molecular complexity index is 794. The van der Waals surface area contributed by atoms with Gasteiger partial charge in [-0.25, -0.2) is 4.79 Å². The summed E-state index contributed by atoms with van der Waals surface area (Å²) in [4.78, 5) is 11.8. The summed E-state index contributed by atoms with van der Waals surface area (Å²) in [5.41, 5.74) is 1.20. The van der Waals surface area contributed by atoms with Crippen molar-refractivity contribution in [3.63, 3.8) is 0 Å². The molecular formula is C19H20N2O3. The van der Waals surface area contributed by atoms with E-state index in [1.807, 2.05) is 18.2 Å². The van der Waals surface area contributed by atoms with Crippen LogP contribution in [0.1, 0.15) is 17.4 Å². The molecule has 3 N–H and O–H groups in total. The molecule has 1 unspecified atom stereocenters. The summed E-state index contributed by atoms with van der Waals surface area (Å²) in [6.45, 7) is 0.629. The Morgan fingerprint density at radius 1 is 1.04 bits per heavy atom. The third-order valence-corrected chi connectivity index (χ3v) is 3.89. The molecule has 0 radical (unpaired) electrons. The second-order valence-corrected chi connectivity index (χ2v) is 5.56. The summed E-state index contributed by atoms with van der Waals surface area (Å²) in [6.07, 6.45) is 1.39. The van der Waals surface area contributed by atoms with Gasteiger partial charge in [0.2, 0.25) is 0 Å². The molecule has 2 amide bonds. The highest BCUT2D eigenvalue weighted by Crippen LogP contribution is 2.18. The zero-order chi connectivity index (χ0) is 16.8. The lowest BCUT2D eigenvalue weighted by atomic mass is 10.0. The van der Waals surface area contributed by atoms with Gasteiger partial charge in [-0.1, -0.05) is 42.5 Å². The van der Waals surface area contributed by atoms with E-state index in [1.165, 1.54) is 22.6 Å². The predicted molar refractivity (Wildman–Crippen MR) is 92.7 cm³/mol. The van der Waals surface area contributed by atoms with Gasteiger partial charge in [0.05, 0.1) is 12.8 Å². The molecule has 0 bridgehead atoms. The fraction of sp³-hybridized carbons (Fsp3) is 0.211. The molecular weight excluding hydrogens is 304 g/mol. The van der Waals surface area contributed by atoms with Crippen LogP contribution in [-0.4, -0.2) is 24.2 Å². The summed E-state index contributed by atoms with van der Waals surface area (Å²) >= 11 is 0. The number of rotatable bonds is 6. The molecule has 5 heteroatoms. The van der Waals surface area contributed by atoms with Crippen LogP contribution in [-0.2, 0) is 6.42 Å². The molecule has 0 saturated heterocycles. The van der Waals surface area contributed by atoms with Crippen LogP contribution in [0.15, 0.2) is 65.3 Å². The van der Waals surface area contributed by atoms with Gasteiger partial charge in [0.25, 0.3) is 0 Å².